The molecular weight excluding hydrogens is 284 g/mol. The number of alkyl halides is 1. The van der Waals surface area contributed by atoms with Crippen LogP contribution in [0, 0.1) is 17.5 Å². The second-order valence-electron chi connectivity index (χ2n) is 4.21. The van der Waals surface area contributed by atoms with Gasteiger partial charge in [0.15, 0.2) is 11.6 Å². The number of hydrogen-bond donors (Lipinski definition) is 1. The molecule has 1 aliphatic heterocycles. The van der Waals surface area contributed by atoms with Gasteiger partial charge in [0.25, 0.3) is 0 Å². The van der Waals surface area contributed by atoms with E-state index in [4.69, 9.17) is 0 Å². The molecule has 1 saturated heterocycles. The van der Waals surface area contributed by atoms with Crippen molar-refractivity contribution in [2.45, 2.75) is 6.04 Å². The van der Waals surface area contributed by atoms with E-state index in [1.165, 1.54) is 0 Å². The highest BCUT2D eigenvalue weighted by atomic mass is 35.5. The summed E-state index contributed by atoms with van der Waals surface area (Å²) in [4.78, 5) is 1.62. The lowest BCUT2D eigenvalue weighted by Gasteiger charge is -2.33. The van der Waals surface area contributed by atoms with Crippen molar-refractivity contribution in [2.24, 2.45) is 0 Å². The monoisotopic (exact) mass is 298 g/mol. The van der Waals surface area contributed by atoms with Crippen molar-refractivity contribution < 1.29 is 17.6 Å². The number of halogens is 5. The zero-order chi connectivity index (χ0) is 13.1. The molecule has 2 nitrogen and oxygen atoms in total. The minimum Gasteiger partial charge on any atom is -0.314 e. The molecule has 0 amide bonds. The Balaban J connectivity index is 0.00000180. The van der Waals surface area contributed by atoms with Crippen LogP contribution in [0.4, 0.5) is 17.6 Å². The molecule has 1 fully saturated rings. The zero-order valence-electron chi connectivity index (χ0n) is 10.1. The van der Waals surface area contributed by atoms with Crippen LogP contribution in [-0.4, -0.2) is 37.8 Å². The molecule has 2 rings (SSSR count). The van der Waals surface area contributed by atoms with Crippen molar-refractivity contribution in [1.82, 2.24) is 10.2 Å². The second kappa shape index (κ2) is 7.07. The molecule has 108 valence electrons. The summed E-state index contributed by atoms with van der Waals surface area (Å²) < 4.78 is 53.5. The minimum atomic E-state index is -1.30. The van der Waals surface area contributed by atoms with Gasteiger partial charge >= 0.3 is 0 Å². The average Bonchev–Trinajstić information content (AvgIpc) is 2.40. The van der Waals surface area contributed by atoms with Gasteiger partial charge in [-0.25, -0.2) is 17.6 Å². The Morgan fingerprint density at radius 1 is 1.11 bits per heavy atom. The predicted molar refractivity (Wildman–Crippen MR) is 66.7 cm³/mol. The summed E-state index contributed by atoms with van der Waals surface area (Å²) >= 11 is 0. The number of nitrogens with zero attached hydrogens (tertiary/aromatic N) is 1. The Morgan fingerprint density at radius 3 is 2.26 bits per heavy atom. The molecule has 0 saturated carbocycles. The molecule has 1 aromatic rings. The quantitative estimate of drug-likeness (QED) is 0.681. The zero-order valence-corrected chi connectivity index (χ0v) is 11.0. The number of rotatable bonds is 3. The van der Waals surface area contributed by atoms with E-state index in [2.05, 4.69) is 5.32 Å². The SMILES string of the molecule is Cl.FC[C@@H](c1c(F)ccc(F)c1F)N1CCNCC1. The van der Waals surface area contributed by atoms with Crippen molar-refractivity contribution >= 4 is 12.4 Å². The number of nitrogens with one attached hydrogen (secondary N) is 1. The molecule has 1 heterocycles. The molecule has 0 radical (unpaired) electrons. The summed E-state index contributed by atoms with van der Waals surface area (Å²) in [5.74, 6) is -3.36. The Labute approximate surface area is 115 Å². The van der Waals surface area contributed by atoms with E-state index in [0.717, 1.165) is 6.07 Å². The van der Waals surface area contributed by atoms with Crippen molar-refractivity contribution in [3.8, 4) is 0 Å². The summed E-state index contributed by atoms with van der Waals surface area (Å²) in [6, 6.07) is 0.475. The molecule has 0 bridgehead atoms. The Bertz CT molecular complexity index is 424. The molecule has 0 aliphatic carbocycles. The van der Waals surface area contributed by atoms with E-state index in [-0.39, 0.29) is 12.4 Å². The topological polar surface area (TPSA) is 15.3 Å². The smallest absolute Gasteiger partial charge is 0.166 e. The highest BCUT2D eigenvalue weighted by molar-refractivity contribution is 5.85. The lowest BCUT2D eigenvalue weighted by atomic mass is 10.0. The Hall–Kier alpha value is -0.850. The third-order valence-corrected chi connectivity index (χ3v) is 3.15. The van der Waals surface area contributed by atoms with Crippen LogP contribution in [0.5, 0.6) is 0 Å². The predicted octanol–water partition coefficient (Wildman–Crippen LogP) is 2.44. The number of piperazine rings is 1. The molecule has 1 N–H and O–H groups in total. The van der Waals surface area contributed by atoms with Gasteiger partial charge in [0.05, 0.1) is 6.04 Å². The summed E-state index contributed by atoms with van der Waals surface area (Å²) in [7, 11) is 0. The third kappa shape index (κ3) is 3.38. The van der Waals surface area contributed by atoms with Gasteiger partial charge in [-0.3, -0.25) is 4.90 Å². The highest BCUT2D eigenvalue weighted by Gasteiger charge is 2.28. The second-order valence-corrected chi connectivity index (χ2v) is 4.21. The standard InChI is InChI=1S/C12H14F4N2.ClH/c13-7-10(18-5-3-17-4-6-18)11-8(14)1-2-9(15)12(11)16;/h1-2,10,17H,3-7H2;1H/t10-;/m0./s1. The normalized spacial score (nSPS) is 17.9. The van der Waals surface area contributed by atoms with Crippen molar-refractivity contribution in [3.63, 3.8) is 0 Å². The first-order valence-corrected chi connectivity index (χ1v) is 5.79. The fourth-order valence-electron chi connectivity index (χ4n) is 2.20. The summed E-state index contributed by atoms with van der Waals surface area (Å²) in [5.41, 5.74) is -0.514. The van der Waals surface area contributed by atoms with Crippen LogP contribution in [0.3, 0.4) is 0 Å². The van der Waals surface area contributed by atoms with Gasteiger partial charge in [0, 0.05) is 31.7 Å². The van der Waals surface area contributed by atoms with E-state index >= 15 is 0 Å². The van der Waals surface area contributed by atoms with Crippen LogP contribution < -0.4 is 5.32 Å². The van der Waals surface area contributed by atoms with Gasteiger partial charge < -0.3 is 5.32 Å². The molecule has 1 aromatic carbocycles. The van der Waals surface area contributed by atoms with Crippen molar-refractivity contribution in [3.05, 3.63) is 35.1 Å². The van der Waals surface area contributed by atoms with Crippen molar-refractivity contribution in [2.75, 3.05) is 32.9 Å². The van der Waals surface area contributed by atoms with E-state index in [1.54, 1.807) is 4.90 Å². The van der Waals surface area contributed by atoms with Gasteiger partial charge in [0.1, 0.15) is 12.5 Å². The highest BCUT2D eigenvalue weighted by Crippen LogP contribution is 2.28. The van der Waals surface area contributed by atoms with E-state index in [0.29, 0.717) is 32.2 Å². The largest absolute Gasteiger partial charge is 0.314 e. The van der Waals surface area contributed by atoms with Gasteiger partial charge in [-0.15, -0.1) is 12.4 Å². The van der Waals surface area contributed by atoms with Gasteiger partial charge in [0.2, 0.25) is 0 Å². The van der Waals surface area contributed by atoms with E-state index < -0.39 is 35.7 Å². The molecular formula is C12H15ClF4N2. The maximum atomic E-state index is 13.6. The van der Waals surface area contributed by atoms with E-state index in [1.807, 2.05) is 0 Å². The maximum absolute atomic E-state index is 13.6. The lowest BCUT2D eigenvalue weighted by Crippen LogP contribution is -2.46. The van der Waals surface area contributed by atoms with Crippen LogP contribution in [0.15, 0.2) is 12.1 Å². The molecule has 0 aromatic heterocycles. The van der Waals surface area contributed by atoms with Gasteiger partial charge in [-0.2, -0.15) is 0 Å². The van der Waals surface area contributed by atoms with Crippen LogP contribution >= 0.6 is 12.4 Å². The number of benzene rings is 1. The first-order chi connectivity index (χ1) is 8.65. The first-order valence-electron chi connectivity index (χ1n) is 5.79. The van der Waals surface area contributed by atoms with Gasteiger partial charge in [-0.1, -0.05) is 0 Å². The summed E-state index contributed by atoms with van der Waals surface area (Å²) in [5, 5.41) is 3.06. The van der Waals surface area contributed by atoms with Crippen LogP contribution in [0.1, 0.15) is 11.6 Å². The van der Waals surface area contributed by atoms with E-state index in [9.17, 15) is 17.6 Å². The minimum absolute atomic E-state index is 0. The average molecular weight is 299 g/mol. The fourth-order valence-corrected chi connectivity index (χ4v) is 2.20. The summed E-state index contributed by atoms with van der Waals surface area (Å²) in [6.45, 7) is 1.25. The Morgan fingerprint density at radius 2 is 1.68 bits per heavy atom. The van der Waals surface area contributed by atoms with Crippen molar-refractivity contribution in [1.29, 1.82) is 0 Å². The lowest BCUT2D eigenvalue weighted by molar-refractivity contribution is 0.140. The molecule has 1 atom stereocenters. The Kier molecular flexibility index (Phi) is 6.03. The fraction of sp³-hybridized carbons (Fsp3) is 0.500. The van der Waals surface area contributed by atoms with Crippen LogP contribution in [0.25, 0.3) is 0 Å². The molecule has 0 spiro atoms. The number of hydrogen-bond acceptors (Lipinski definition) is 2. The summed E-state index contributed by atoms with van der Waals surface area (Å²) in [6.07, 6.45) is 0. The van der Waals surface area contributed by atoms with Crippen LogP contribution in [0.2, 0.25) is 0 Å². The first kappa shape index (κ1) is 16.2. The molecule has 7 heteroatoms. The molecule has 19 heavy (non-hydrogen) atoms. The molecule has 0 unspecified atom stereocenters. The van der Waals surface area contributed by atoms with Gasteiger partial charge in [-0.05, 0) is 12.1 Å². The van der Waals surface area contributed by atoms with Crippen LogP contribution in [-0.2, 0) is 0 Å². The third-order valence-electron chi connectivity index (χ3n) is 3.15. The molecule has 1 aliphatic rings. The maximum Gasteiger partial charge on any atom is 0.166 e.